The summed E-state index contributed by atoms with van der Waals surface area (Å²) in [6, 6.07) is 0. The summed E-state index contributed by atoms with van der Waals surface area (Å²) in [5.41, 5.74) is 0. The standard InChI is InChI=1S/C3BF10.Li/c5-1(6,3(9,10)11)2(7,8)4(12,13)14;/q-1;+1. The van der Waals surface area contributed by atoms with Crippen LogP contribution in [-0.4, -0.2) is 24.9 Å². The minimum Gasteiger partial charge on any atom is -0.445 e. The summed E-state index contributed by atoms with van der Waals surface area (Å²) in [7, 11) is 0. The molecule has 0 atom stereocenters. The zero-order valence-corrected chi connectivity index (χ0v) is 6.86. The molecule has 0 unspecified atom stereocenters. The molecule has 0 aromatic rings. The molecular formula is C3BF10Li. The van der Waals surface area contributed by atoms with Crippen LogP contribution in [0.5, 0.6) is 0 Å². The predicted molar refractivity (Wildman–Crippen MR) is 25.0 cm³/mol. The Morgan fingerprint density at radius 2 is 0.933 bits per heavy atom. The molecule has 12 heteroatoms. The maximum atomic E-state index is 11.6. The van der Waals surface area contributed by atoms with Crippen molar-refractivity contribution in [2.24, 2.45) is 0 Å². The van der Waals surface area contributed by atoms with E-state index in [4.69, 9.17) is 0 Å². The Morgan fingerprint density at radius 1 is 0.667 bits per heavy atom. The second kappa shape index (κ2) is 4.09. The van der Waals surface area contributed by atoms with Crippen LogP contribution < -0.4 is 18.9 Å². The van der Waals surface area contributed by atoms with E-state index in [1.165, 1.54) is 0 Å². The predicted octanol–water partition coefficient (Wildman–Crippen LogP) is 0.210. The molecule has 0 saturated heterocycles. The quantitative estimate of drug-likeness (QED) is 0.481. The van der Waals surface area contributed by atoms with E-state index in [0.29, 0.717) is 0 Å². The fraction of sp³-hybridized carbons (Fsp3) is 1.00. The van der Waals surface area contributed by atoms with Gasteiger partial charge in [-0.1, -0.05) is 0 Å². The van der Waals surface area contributed by atoms with Gasteiger partial charge in [0.25, 0.3) is 5.82 Å². The maximum Gasteiger partial charge on any atom is 1.00 e. The van der Waals surface area contributed by atoms with Crippen LogP contribution in [0.3, 0.4) is 0 Å². The van der Waals surface area contributed by atoms with Gasteiger partial charge in [-0.3, -0.25) is 0 Å². The summed E-state index contributed by atoms with van der Waals surface area (Å²) >= 11 is 0. The average molecular weight is 244 g/mol. The summed E-state index contributed by atoms with van der Waals surface area (Å²) in [6.45, 7) is -7.63. The third kappa shape index (κ3) is 2.75. The SMILES string of the molecule is F[B-](F)(F)C(F)(F)C(F)(F)C(F)(F)F.[Li+]. The van der Waals surface area contributed by atoms with Crippen LogP contribution in [0.15, 0.2) is 0 Å². The molecule has 0 fully saturated rings. The molecule has 0 aromatic heterocycles. The third-order valence-corrected chi connectivity index (χ3v) is 1.19. The molecule has 15 heavy (non-hydrogen) atoms. The van der Waals surface area contributed by atoms with Crippen LogP contribution in [0.2, 0.25) is 0 Å². The summed E-state index contributed by atoms with van der Waals surface area (Å²) in [5, 5.41) is 0. The van der Waals surface area contributed by atoms with E-state index in [1.54, 1.807) is 0 Å². The molecule has 0 aliphatic rings. The molecular weight excluding hydrogens is 244 g/mol. The van der Waals surface area contributed by atoms with E-state index in [0.717, 1.165) is 0 Å². The number of rotatable bonds is 2. The van der Waals surface area contributed by atoms with Crippen LogP contribution in [0.25, 0.3) is 0 Å². The largest absolute Gasteiger partial charge is 1.00 e. The summed E-state index contributed by atoms with van der Waals surface area (Å²) in [6.07, 6.45) is -6.95. The Hall–Kier alpha value is -0.0377. The molecule has 0 aliphatic heterocycles. The molecule has 0 saturated carbocycles. The Morgan fingerprint density at radius 3 is 1.00 bits per heavy atom. The van der Waals surface area contributed by atoms with Crippen LogP contribution in [0, 0.1) is 0 Å². The van der Waals surface area contributed by atoms with Gasteiger partial charge in [0.1, 0.15) is 0 Å². The molecule has 0 heterocycles. The zero-order chi connectivity index (χ0) is 12.0. The Balaban J connectivity index is 0. The normalized spacial score (nSPS) is 14.8. The van der Waals surface area contributed by atoms with E-state index in [9.17, 15) is 43.7 Å². The second-order valence-corrected chi connectivity index (χ2v) is 2.27. The van der Waals surface area contributed by atoms with E-state index < -0.39 is 24.9 Å². The van der Waals surface area contributed by atoms with Crippen LogP contribution in [-0.2, 0) is 0 Å². The first kappa shape index (κ1) is 17.4. The van der Waals surface area contributed by atoms with Gasteiger partial charge in [-0.2, -0.15) is 22.0 Å². The van der Waals surface area contributed by atoms with Crippen molar-refractivity contribution in [3.63, 3.8) is 0 Å². The van der Waals surface area contributed by atoms with Crippen molar-refractivity contribution in [3.8, 4) is 0 Å². The van der Waals surface area contributed by atoms with Gasteiger partial charge >= 0.3 is 37.9 Å². The summed E-state index contributed by atoms with van der Waals surface area (Å²) in [5.74, 6) is -14.2. The van der Waals surface area contributed by atoms with Crippen molar-refractivity contribution in [3.05, 3.63) is 0 Å². The van der Waals surface area contributed by atoms with Gasteiger partial charge in [0, 0.05) is 0 Å². The molecule has 0 nitrogen and oxygen atoms in total. The second-order valence-electron chi connectivity index (χ2n) is 2.27. The minimum atomic E-state index is -7.63. The van der Waals surface area contributed by atoms with Crippen LogP contribution in [0.4, 0.5) is 43.7 Å². The molecule has 0 rings (SSSR count). The van der Waals surface area contributed by atoms with Gasteiger partial charge < -0.3 is 12.9 Å². The number of halogens is 10. The van der Waals surface area contributed by atoms with Crippen molar-refractivity contribution in [1.82, 2.24) is 0 Å². The maximum absolute atomic E-state index is 11.6. The van der Waals surface area contributed by atoms with Gasteiger partial charge in [0.15, 0.2) is 0 Å². The van der Waals surface area contributed by atoms with E-state index in [-0.39, 0.29) is 18.9 Å². The van der Waals surface area contributed by atoms with Crippen molar-refractivity contribution in [1.29, 1.82) is 0 Å². The van der Waals surface area contributed by atoms with Crippen molar-refractivity contribution < 1.29 is 62.5 Å². The molecule has 0 spiro atoms. The van der Waals surface area contributed by atoms with Crippen molar-refractivity contribution in [2.75, 3.05) is 0 Å². The topological polar surface area (TPSA) is 0 Å². The average Bonchev–Trinajstić information content (AvgIpc) is 1.81. The first-order valence-electron chi connectivity index (χ1n) is 2.77. The van der Waals surface area contributed by atoms with E-state index >= 15 is 0 Å². The van der Waals surface area contributed by atoms with Gasteiger partial charge in [-0.25, -0.2) is 8.78 Å². The molecule has 0 radical (unpaired) electrons. The van der Waals surface area contributed by atoms with Crippen molar-refractivity contribution >= 4 is 6.98 Å². The van der Waals surface area contributed by atoms with Gasteiger partial charge in [-0.05, 0) is 0 Å². The third-order valence-electron chi connectivity index (χ3n) is 1.19. The number of alkyl halides is 7. The molecule has 0 aromatic carbocycles. The van der Waals surface area contributed by atoms with Crippen molar-refractivity contribution in [2.45, 2.75) is 17.9 Å². The van der Waals surface area contributed by atoms with Crippen LogP contribution >= 0.6 is 0 Å². The van der Waals surface area contributed by atoms with Crippen LogP contribution in [0.1, 0.15) is 0 Å². The smallest absolute Gasteiger partial charge is 0.445 e. The number of hydrogen-bond donors (Lipinski definition) is 0. The fourth-order valence-electron chi connectivity index (χ4n) is 0.395. The Kier molecular flexibility index (Phi) is 4.73. The first-order valence-corrected chi connectivity index (χ1v) is 2.77. The molecule has 0 N–H and O–H groups in total. The Bertz CT molecular complexity index is 190. The molecule has 0 aliphatic carbocycles. The molecule has 0 amide bonds. The summed E-state index contributed by atoms with van der Waals surface area (Å²) in [4.78, 5) is 0. The Labute approximate surface area is 88.2 Å². The van der Waals surface area contributed by atoms with E-state index in [2.05, 4.69) is 0 Å². The van der Waals surface area contributed by atoms with Gasteiger partial charge in [-0.15, -0.1) is 0 Å². The monoisotopic (exact) mass is 244 g/mol. The molecule has 86 valence electrons. The first-order chi connectivity index (χ1) is 5.75. The number of hydrogen-bond acceptors (Lipinski definition) is 0. The van der Waals surface area contributed by atoms with E-state index in [1.807, 2.05) is 0 Å². The molecule has 0 bridgehead atoms. The zero-order valence-electron chi connectivity index (χ0n) is 6.86. The minimum absolute atomic E-state index is 0. The fourth-order valence-corrected chi connectivity index (χ4v) is 0.395. The van der Waals surface area contributed by atoms with Gasteiger partial charge in [0.2, 0.25) is 0 Å². The summed E-state index contributed by atoms with van der Waals surface area (Å²) < 4.78 is 114. The van der Waals surface area contributed by atoms with Gasteiger partial charge in [0.05, 0.1) is 0 Å².